The quantitative estimate of drug-likeness (QED) is 0.806. The molecule has 0 aliphatic carbocycles. The van der Waals surface area contributed by atoms with Gasteiger partial charge in [0.05, 0.1) is 12.8 Å². The van der Waals surface area contributed by atoms with E-state index in [0.717, 1.165) is 13.1 Å². The summed E-state index contributed by atoms with van der Waals surface area (Å²) in [5.74, 6) is 0.492. The number of hydrogen-bond acceptors (Lipinski definition) is 4. The Morgan fingerprint density at radius 3 is 2.58 bits per heavy atom. The van der Waals surface area contributed by atoms with Crippen molar-refractivity contribution in [3.8, 4) is 0 Å². The zero-order valence-electron chi connectivity index (χ0n) is 13.3. The van der Waals surface area contributed by atoms with Gasteiger partial charge in [-0.1, -0.05) is 30.3 Å². The van der Waals surface area contributed by atoms with Gasteiger partial charge in [-0.15, -0.1) is 0 Å². The average molecular weight is 325 g/mol. The van der Waals surface area contributed by atoms with E-state index in [1.54, 1.807) is 23.3 Å². The van der Waals surface area contributed by atoms with Crippen molar-refractivity contribution < 1.29 is 14.0 Å². The first-order valence-electron chi connectivity index (χ1n) is 8.13. The largest absolute Gasteiger partial charge is 0.467 e. The molecule has 0 N–H and O–H groups in total. The molecule has 2 aliphatic heterocycles. The molecule has 0 bridgehead atoms. The fourth-order valence-electron chi connectivity index (χ4n) is 3.40. The summed E-state index contributed by atoms with van der Waals surface area (Å²) in [6.07, 6.45) is 1.55. The summed E-state index contributed by atoms with van der Waals surface area (Å²) in [4.78, 5) is 30.4. The van der Waals surface area contributed by atoms with Crippen LogP contribution >= 0.6 is 0 Å². The van der Waals surface area contributed by atoms with E-state index in [9.17, 15) is 9.59 Å². The number of carbonyl (C=O) groups is 2. The van der Waals surface area contributed by atoms with E-state index in [1.165, 1.54) is 10.5 Å². The topological polar surface area (TPSA) is 57.0 Å². The van der Waals surface area contributed by atoms with Crippen LogP contribution in [0.25, 0.3) is 0 Å². The summed E-state index contributed by atoms with van der Waals surface area (Å²) in [5.41, 5.74) is 1.22. The highest BCUT2D eigenvalue weighted by atomic mass is 16.3. The van der Waals surface area contributed by atoms with Crippen LogP contribution in [0.3, 0.4) is 0 Å². The maximum atomic E-state index is 12.7. The Labute approximate surface area is 140 Å². The number of rotatable bonds is 4. The van der Waals surface area contributed by atoms with Crippen LogP contribution < -0.4 is 0 Å². The number of benzene rings is 1. The molecule has 124 valence electrons. The number of piperazine rings is 1. The van der Waals surface area contributed by atoms with Crippen molar-refractivity contribution >= 4 is 11.9 Å². The number of urea groups is 1. The first kappa shape index (κ1) is 15.0. The van der Waals surface area contributed by atoms with Gasteiger partial charge in [-0.25, -0.2) is 4.79 Å². The van der Waals surface area contributed by atoms with Crippen molar-refractivity contribution in [2.45, 2.75) is 19.1 Å². The lowest BCUT2D eigenvalue weighted by atomic mass is 10.1. The summed E-state index contributed by atoms with van der Waals surface area (Å²) in [7, 11) is 0. The summed E-state index contributed by atoms with van der Waals surface area (Å²) >= 11 is 0. The van der Waals surface area contributed by atoms with E-state index in [1.807, 2.05) is 18.2 Å². The monoisotopic (exact) mass is 325 g/mol. The number of imide groups is 1. The number of nitrogens with zero attached hydrogens (tertiary/aromatic N) is 3. The van der Waals surface area contributed by atoms with Gasteiger partial charge in [0, 0.05) is 26.2 Å². The third-order valence-corrected chi connectivity index (χ3v) is 4.64. The van der Waals surface area contributed by atoms with Crippen LogP contribution in [0.2, 0.25) is 0 Å². The molecule has 2 saturated heterocycles. The Balaban J connectivity index is 1.45. The molecule has 0 spiro atoms. The average Bonchev–Trinajstić information content (AvgIpc) is 3.19. The van der Waals surface area contributed by atoms with Gasteiger partial charge in [-0.3, -0.25) is 14.6 Å². The second-order valence-corrected chi connectivity index (χ2v) is 6.22. The molecule has 4 rings (SSSR count). The van der Waals surface area contributed by atoms with E-state index in [-0.39, 0.29) is 24.5 Å². The standard InChI is InChI=1S/C18H19N3O3/c22-17-16-13-19(11-14-5-2-1-3-6-14)8-9-20(16)18(23)21(17)12-15-7-4-10-24-15/h1-7,10,16H,8-9,11-13H2. The van der Waals surface area contributed by atoms with Crippen molar-refractivity contribution in [2.75, 3.05) is 19.6 Å². The zero-order chi connectivity index (χ0) is 16.5. The van der Waals surface area contributed by atoms with Crippen LogP contribution in [-0.2, 0) is 17.9 Å². The number of fused-ring (bicyclic) bond motifs is 1. The molecule has 1 atom stereocenters. The Hall–Kier alpha value is -2.60. The minimum absolute atomic E-state index is 0.130. The Morgan fingerprint density at radius 2 is 1.83 bits per heavy atom. The third-order valence-electron chi connectivity index (χ3n) is 4.64. The van der Waals surface area contributed by atoms with E-state index >= 15 is 0 Å². The summed E-state index contributed by atoms with van der Waals surface area (Å²) < 4.78 is 5.27. The molecular weight excluding hydrogens is 306 g/mol. The lowest BCUT2D eigenvalue weighted by Gasteiger charge is -2.35. The van der Waals surface area contributed by atoms with Crippen molar-refractivity contribution in [3.05, 3.63) is 60.1 Å². The molecule has 1 unspecified atom stereocenters. The maximum absolute atomic E-state index is 12.7. The van der Waals surface area contributed by atoms with Crippen molar-refractivity contribution in [2.24, 2.45) is 0 Å². The van der Waals surface area contributed by atoms with Crippen LogP contribution in [0.15, 0.2) is 53.1 Å². The predicted molar refractivity (Wildman–Crippen MR) is 86.9 cm³/mol. The van der Waals surface area contributed by atoms with Crippen LogP contribution in [0.1, 0.15) is 11.3 Å². The van der Waals surface area contributed by atoms with E-state index in [0.29, 0.717) is 18.8 Å². The van der Waals surface area contributed by atoms with Gasteiger partial charge in [-0.05, 0) is 17.7 Å². The molecule has 1 aromatic heterocycles. The normalized spacial score (nSPS) is 21.4. The summed E-state index contributed by atoms with van der Waals surface area (Å²) in [6.45, 7) is 2.94. The van der Waals surface area contributed by atoms with Gasteiger partial charge in [-0.2, -0.15) is 0 Å². The predicted octanol–water partition coefficient (Wildman–Crippen LogP) is 1.93. The number of amides is 3. The van der Waals surface area contributed by atoms with Gasteiger partial charge in [0.25, 0.3) is 5.91 Å². The first-order valence-corrected chi connectivity index (χ1v) is 8.13. The molecule has 2 aliphatic rings. The third kappa shape index (κ3) is 2.69. The molecule has 0 radical (unpaired) electrons. The fourth-order valence-corrected chi connectivity index (χ4v) is 3.40. The number of carbonyl (C=O) groups excluding carboxylic acids is 2. The lowest BCUT2D eigenvalue weighted by molar-refractivity contribution is -0.130. The molecule has 2 fully saturated rings. The molecule has 3 amide bonds. The smallest absolute Gasteiger partial charge is 0.327 e. The molecule has 3 heterocycles. The van der Waals surface area contributed by atoms with Gasteiger partial charge >= 0.3 is 6.03 Å². The second kappa shape index (κ2) is 6.13. The molecular formula is C18H19N3O3. The van der Waals surface area contributed by atoms with Crippen LogP contribution in [-0.4, -0.2) is 52.3 Å². The molecule has 24 heavy (non-hydrogen) atoms. The highest BCUT2D eigenvalue weighted by molar-refractivity contribution is 6.04. The van der Waals surface area contributed by atoms with Gasteiger partial charge in [0.15, 0.2) is 0 Å². The Bertz CT molecular complexity index is 729. The molecule has 2 aromatic rings. The highest BCUT2D eigenvalue weighted by Gasteiger charge is 2.47. The highest BCUT2D eigenvalue weighted by Crippen LogP contribution is 2.24. The number of hydrogen-bond donors (Lipinski definition) is 0. The first-order chi connectivity index (χ1) is 11.7. The van der Waals surface area contributed by atoms with Gasteiger partial charge < -0.3 is 9.32 Å². The van der Waals surface area contributed by atoms with Crippen LogP contribution in [0.5, 0.6) is 0 Å². The molecule has 1 aromatic carbocycles. The lowest BCUT2D eigenvalue weighted by Crippen LogP contribution is -2.52. The van der Waals surface area contributed by atoms with Gasteiger partial charge in [0.1, 0.15) is 11.8 Å². The van der Waals surface area contributed by atoms with Crippen LogP contribution in [0, 0.1) is 0 Å². The number of furan rings is 1. The summed E-state index contributed by atoms with van der Waals surface area (Å²) in [6, 6.07) is 13.1. The maximum Gasteiger partial charge on any atom is 0.327 e. The van der Waals surface area contributed by atoms with Crippen molar-refractivity contribution in [1.29, 1.82) is 0 Å². The van der Waals surface area contributed by atoms with Crippen molar-refractivity contribution in [1.82, 2.24) is 14.7 Å². The zero-order valence-corrected chi connectivity index (χ0v) is 13.3. The SMILES string of the molecule is O=C1C2CN(Cc3ccccc3)CCN2C(=O)N1Cc1ccco1. The Kier molecular flexibility index (Phi) is 3.82. The van der Waals surface area contributed by atoms with Crippen molar-refractivity contribution in [3.63, 3.8) is 0 Å². The molecule has 6 heteroatoms. The second-order valence-electron chi connectivity index (χ2n) is 6.22. The van der Waals surface area contributed by atoms with E-state index < -0.39 is 0 Å². The minimum Gasteiger partial charge on any atom is -0.467 e. The Morgan fingerprint density at radius 1 is 1.00 bits per heavy atom. The minimum atomic E-state index is -0.384. The van der Waals surface area contributed by atoms with E-state index in [4.69, 9.17) is 4.42 Å². The fraction of sp³-hybridized carbons (Fsp3) is 0.333. The molecule has 6 nitrogen and oxygen atoms in total. The van der Waals surface area contributed by atoms with Crippen LogP contribution in [0.4, 0.5) is 4.79 Å². The summed E-state index contributed by atoms with van der Waals surface area (Å²) in [5, 5.41) is 0. The van der Waals surface area contributed by atoms with E-state index in [2.05, 4.69) is 17.0 Å². The molecule has 0 saturated carbocycles. The van der Waals surface area contributed by atoms with Gasteiger partial charge in [0.2, 0.25) is 0 Å².